The first-order valence-electron chi connectivity index (χ1n) is 11.5. The van der Waals surface area contributed by atoms with Crippen LogP contribution in [-0.4, -0.2) is 39.1 Å². The van der Waals surface area contributed by atoms with Crippen molar-refractivity contribution in [3.63, 3.8) is 0 Å². The fourth-order valence-electron chi connectivity index (χ4n) is 4.46. The number of amides is 2. The summed E-state index contributed by atoms with van der Waals surface area (Å²) >= 11 is 0. The number of rotatable bonds is 7. The molecule has 0 spiro atoms. The number of aromatic nitrogens is 3. The molecule has 172 valence electrons. The molecule has 1 aromatic carbocycles. The fraction of sp³-hybridized carbons (Fsp3) is 0.440. The number of aryl methyl sites for hydroxylation is 1. The molecule has 3 heterocycles. The number of nitrogens with zero attached hydrogens (tertiary/aromatic N) is 3. The van der Waals surface area contributed by atoms with Gasteiger partial charge in [-0.1, -0.05) is 0 Å². The smallest absolute Gasteiger partial charge is 0.261 e. The van der Waals surface area contributed by atoms with Crippen LogP contribution in [0, 0.1) is 0 Å². The second-order valence-electron chi connectivity index (χ2n) is 9.59. The van der Waals surface area contributed by atoms with Crippen LogP contribution in [0.4, 0.5) is 5.69 Å². The van der Waals surface area contributed by atoms with Crippen molar-refractivity contribution < 1.29 is 14.3 Å². The lowest BCUT2D eigenvalue weighted by Gasteiger charge is -2.17. The van der Waals surface area contributed by atoms with Crippen molar-refractivity contribution >= 4 is 23.1 Å². The van der Waals surface area contributed by atoms with Crippen LogP contribution < -0.4 is 15.4 Å². The molecule has 2 N–H and O–H groups in total. The number of hydrogen-bond donors (Lipinski definition) is 2. The third kappa shape index (κ3) is 4.42. The molecule has 0 radical (unpaired) electrons. The Kier molecular flexibility index (Phi) is 5.31. The highest BCUT2D eigenvalue weighted by Crippen LogP contribution is 2.48. The van der Waals surface area contributed by atoms with Crippen molar-refractivity contribution in [3.8, 4) is 5.75 Å². The van der Waals surface area contributed by atoms with Gasteiger partial charge in [0.1, 0.15) is 16.9 Å². The Balaban J connectivity index is 1.38. The Hall–Kier alpha value is -3.42. The summed E-state index contributed by atoms with van der Waals surface area (Å²) in [6, 6.07) is 6.05. The lowest BCUT2D eigenvalue weighted by atomic mass is 9.98. The molecule has 1 aliphatic heterocycles. The summed E-state index contributed by atoms with van der Waals surface area (Å²) in [5.41, 5.74) is 4.66. The maximum absolute atomic E-state index is 13.3. The first-order chi connectivity index (χ1) is 15.8. The van der Waals surface area contributed by atoms with Gasteiger partial charge >= 0.3 is 0 Å². The van der Waals surface area contributed by atoms with Crippen molar-refractivity contribution in [2.24, 2.45) is 0 Å². The SMILES string of the molecule is CNC(=O)CCCc1ccn2ncc(C(=O)Nc3cc4c(cc3C3CC3)OC(C)(C)C4)c2n1. The number of anilines is 1. The molecule has 0 unspecified atom stereocenters. The molecule has 2 aliphatic rings. The summed E-state index contributed by atoms with van der Waals surface area (Å²) < 4.78 is 7.72. The Labute approximate surface area is 192 Å². The van der Waals surface area contributed by atoms with Crippen LogP contribution in [-0.2, 0) is 17.6 Å². The van der Waals surface area contributed by atoms with E-state index >= 15 is 0 Å². The highest BCUT2D eigenvalue weighted by molar-refractivity contribution is 6.08. The zero-order valence-electron chi connectivity index (χ0n) is 19.3. The maximum atomic E-state index is 13.3. The van der Waals surface area contributed by atoms with Crippen LogP contribution in [0.25, 0.3) is 5.65 Å². The molecular weight excluding hydrogens is 418 g/mol. The molecule has 1 fully saturated rings. The molecule has 33 heavy (non-hydrogen) atoms. The van der Waals surface area contributed by atoms with E-state index in [9.17, 15) is 9.59 Å². The average Bonchev–Trinajstić information content (AvgIpc) is 3.45. The summed E-state index contributed by atoms with van der Waals surface area (Å²) in [7, 11) is 1.63. The minimum atomic E-state index is -0.230. The molecule has 0 saturated heterocycles. The molecule has 8 heteroatoms. The summed E-state index contributed by atoms with van der Waals surface area (Å²) in [4.78, 5) is 29.4. The van der Waals surface area contributed by atoms with Crippen LogP contribution in [0.5, 0.6) is 5.75 Å². The topological polar surface area (TPSA) is 97.6 Å². The molecule has 8 nitrogen and oxygen atoms in total. The Morgan fingerprint density at radius 2 is 2.09 bits per heavy atom. The number of nitrogens with one attached hydrogen (secondary N) is 2. The second kappa shape index (κ2) is 8.17. The van der Waals surface area contributed by atoms with E-state index in [4.69, 9.17) is 4.74 Å². The van der Waals surface area contributed by atoms with Gasteiger partial charge in [-0.05, 0) is 69.2 Å². The molecule has 2 amide bonds. The molecule has 2 aromatic heterocycles. The molecule has 0 bridgehead atoms. The number of hydrogen-bond acceptors (Lipinski definition) is 5. The lowest BCUT2D eigenvalue weighted by Crippen LogP contribution is -2.24. The van der Waals surface area contributed by atoms with E-state index in [-0.39, 0.29) is 17.4 Å². The molecule has 0 atom stereocenters. The summed E-state index contributed by atoms with van der Waals surface area (Å²) in [5, 5.41) is 10.1. The first kappa shape index (κ1) is 21.4. The van der Waals surface area contributed by atoms with E-state index < -0.39 is 0 Å². The molecule has 5 rings (SSSR count). The maximum Gasteiger partial charge on any atom is 0.261 e. The van der Waals surface area contributed by atoms with E-state index in [2.05, 4.69) is 46.7 Å². The zero-order valence-corrected chi connectivity index (χ0v) is 19.3. The lowest BCUT2D eigenvalue weighted by molar-refractivity contribution is -0.120. The Morgan fingerprint density at radius 3 is 2.85 bits per heavy atom. The Bertz CT molecular complexity index is 1240. The second-order valence-corrected chi connectivity index (χ2v) is 9.59. The van der Waals surface area contributed by atoms with Gasteiger partial charge < -0.3 is 15.4 Å². The van der Waals surface area contributed by atoms with Gasteiger partial charge in [-0.15, -0.1) is 0 Å². The first-order valence-corrected chi connectivity index (χ1v) is 11.5. The summed E-state index contributed by atoms with van der Waals surface area (Å²) in [6.07, 6.45) is 8.22. The van der Waals surface area contributed by atoms with E-state index in [1.165, 1.54) is 0 Å². The van der Waals surface area contributed by atoms with Gasteiger partial charge in [0, 0.05) is 43.0 Å². The monoisotopic (exact) mass is 447 g/mol. The molecule has 3 aromatic rings. The van der Waals surface area contributed by atoms with Gasteiger partial charge in [-0.25, -0.2) is 9.50 Å². The van der Waals surface area contributed by atoms with Crippen LogP contribution >= 0.6 is 0 Å². The molecule has 1 saturated carbocycles. The van der Waals surface area contributed by atoms with Crippen molar-refractivity contribution in [2.45, 2.75) is 63.9 Å². The van der Waals surface area contributed by atoms with Crippen molar-refractivity contribution in [1.29, 1.82) is 0 Å². The van der Waals surface area contributed by atoms with E-state index in [0.717, 1.165) is 47.5 Å². The predicted octanol–water partition coefficient (Wildman–Crippen LogP) is 3.64. The van der Waals surface area contributed by atoms with E-state index in [1.54, 1.807) is 24.0 Å². The van der Waals surface area contributed by atoms with Crippen LogP contribution in [0.1, 0.15) is 72.6 Å². The quantitative estimate of drug-likeness (QED) is 0.576. The van der Waals surface area contributed by atoms with Crippen molar-refractivity contribution in [3.05, 3.63) is 53.0 Å². The third-order valence-corrected chi connectivity index (χ3v) is 6.29. The number of fused-ring (bicyclic) bond motifs is 2. The minimum absolute atomic E-state index is 0.00935. The number of carbonyl (C=O) groups is 2. The number of benzene rings is 1. The third-order valence-electron chi connectivity index (χ3n) is 6.29. The summed E-state index contributed by atoms with van der Waals surface area (Å²) in [6.45, 7) is 4.16. The summed E-state index contributed by atoms with van der Waals surface area (Å²) in [5.74, 6) is 1.18. The van der Waals surface area contributed by atoms with Gasteiger partial charge in [0.2, 0.25) is 5.91 Å². The normalized spacial score (nSPS) is 16.3. The average molecular weight is 448 g/mol. The van der Waals surface area contributed by atoms with Crippen molar-refractivity contribution in [1.82, 2.24) is 19.9 Å². The van der Waals surface area contributed by atoms with Crippen molar-refractivity contribution in [2.75, 3.05) is 12.4 Å². The number of ether oxygens (including phenoxy) is 1. The highest BCUT2D eigenvalue weighted by atomic mass is 16.5. The van der Waals surface area contributed by atoms with E-state index in [1.807, 2.05) is 6.07 Å². The van der Waals surface area contributed by atoms with Gasteiger partial charge in [0.25, 0.3) is 5.91 Å². The predicted molar refractivity (Wildman–Crippen MR) is 125 cm³/mol. The van der Waals surface area contributed by atoms with Crippen LogP contribution in [0.3, 0.4) is 0 Å². The van der Waals surface area contributed by atoms with Crippen LogP contribution in [0.15, 0.2) is 30.6 Å². The number of carbonyl (C=O) groups excluding carboxylic acids is 2. The fourth-order valence-corrected chi connectivity index (χ4v) is 4.46. The minimum Gasteiger partial charge on any atom is -0.487 e. The standard InChI is InChI=1S/C25H29N5O3/c1-25(2)13-16-11-20(18(15-7-8-15)12-21(16)33-25)29-24(32)19-14-27-30-10-9-17(28-23(19)30)5-4-6-22(31)26-3/h9-12,14-15H,4-8,13H2,1-3H3,(H,26,31)(H,29,32). The largest absolute Gasteiger partial charge is 0.487 e. The zero-order chi connectivity index (χ0) is 23.2. The van der Waals surface area contributed by atoms with Gasteiger partial charge in [0.05, 0.1) is 6.20 Å². The molecular formula is C25H29N5O3. The van der Waals surface area contributed by atoms with Gasteiger partial charge in [-0.2, -0.15) is 5.10 Å². The van der Waals surface area contributed by atoms with Gasteiger partial charge in [0.15, 0.2) is 5.65 Å². The Morgan fingerprint density at radius 1 is 1.27 bits per heavy atom. The van der Waals surface area contributed by atoms with E-state index in [0.29, 0.717) is 36.4 Å². The highest BCUT2D eigenvalue weighted by Gasteiger charge is 2.34. The van der Waals surface area contributed by atoms with Gasteiger partial charge in [-0.3, -0.25) is 9.59 Å². The molecule has 1 aliphatic carbocycles. The van der Waals surface area contributed by atoms with Crippen LogP contribution in [0.2, 0.25) is 0 Å².